The first-order valence-corrected chi connectivity index (χ1v) is 7.10. The number of hydrogen-bond donors (Lipinski definition) is 0. The highest BCUT2D eigenvalue weighted by Gasteiger charge is 2.21. The number of amides is 2. The van der Waals surface area contributed by atoms with Gasteiger partial charge in [0.1, 0.15) is 6.61 Å². The van der Waals surface area contributed by atoms with Gasteiger partial charge in [-0.25, -0.2) is 0 Å². The van der Waals surface area contributed by atoms with Gasteiger partial charge in [-0.3, -0.25) is 9.59 Å². The van der Waals surface area contributed by atoms with Crippen LogP contribution in [0.4, 0.5) is 0 Å². The van der Waals surface area contributed by atoms with E-state index in [-0.39, 0.29) is 12.5 Å². The summed E-state index contributed by atoms with van der Waals surface area (Å²) in [5, 5.41) is 0. The molecule has 0 aromatic carbocycles. The Morgan fingerprint density at radius 2 is 1.53 bits per heavy atom. The molecule has 0 bridgehead atoms. The van der Waals surface area contributed by atoms with Gasteiger partial charge in [-0.05, 0) is 34.1 Å². The molecule has 2 saturated heterocycles. The number of likely N-dealkylation sites (tertiary alicyclic amines) is 1. The largest absolute Gasteiger partial charge is 0.370 e. The molecule has 2 aliphatic rings. The summed E-state index contributed by atoms with van der Waals surface area (Å²) in [5.41, 5.74) is 0. The molecule has 110 valence electrons. The zero-order valence-corrected chi connectivity index (χ0v) is 12.5. The summed E-state index contributed by atoms with van der Waals surface area (Å²) in [6.45, 7) is 10.8. The minimum atomic E-state index is 0.112. The zero-order valence-electron chi connectivity index (χ0n) is 12.5. The molecule has 0 N–H and O–H groups in total. The normalized spacial score (nSPS) is 20.1. The van der Waals surface area contributed by atoms with Crippen LogP contribution in [-0.2, 0) is 14.3 Å². The van der Waals surface area contributed by atoms with E-state index in [1.807, 2.05) is 23.6 Å². The van der Waals surface area contributed by atoms with Gasteiger partial charge >= 0.3 is 0 Å². The molecule has 5 nitrogen and oxygen atoms in total. The smallest absolute Gasteiger partial charge is 0.248 e. The fourth-order valence-corrected chi connectivity index (χ4v) is 2.29. The lowest BCUT2D eigenvalue weighted by Crippen LogP contribution is -2.45. The van der Waals surface area contributed by atoms with Crippen molar-refractivity contribution < 1.29 is 14.3 Å². The predicted molar refractivity (Wildman–Crippen MR) is 73.8 cm³/mol. The van der Waals surface area contributed by atoms with E-state index in [1.54, 1.807) is 0 Å². The van der Waals surface area contributed by atoms with E-state index >= 15 is 0 Å². The van der Waals surface area contributed by atoms with E-state index in [0.717, 1.165) is 25.9 Å². The van der Waals surface area contributed by atoms with Gasteiger partial charge in [0.15, 0.2) is 0 Å². The summed E-state index contributed by atoms with van der Waals surface area (Å²) in [5.74, 6) is 0.436. The molecule has 2 rings (SSSR count). The van der Waals surface area contributed by atoms with Gasteiger partial charge in [0.05, 0.1) is 6.61 Å². The van der Waals surface area contributed by atoms with Crippen molar-refractivity contribution >= 4 is 11.8 Å². The maximum atomic E-state index is 11.0. The lowest BCUT2D eigenvalue weighted by atomic mass is 10.3. The van der Waals surface area contributed by atoms with Crippen molar-refractivity contribution in [3.05, 3.63) is 0 Å². The SMILES string of the molecule is CC(C)N1CCCC1=O.CC(C)N1CCOCC1=O. The molecule has 0 aromatic heterocycles. The Morgan fingerprint density at radius 1 is 0.947 bits per heavy atom. The molecule has 0 saturated carbocycles. The van der Waals surface area contributed by atoms with Crippen LogP contribution in [-0.4, -0.2) is 60.0 Å². The van der Waals surface area contributed by atoms with E-state index in [4.69, 9.17) is 4.74 Å². The first kappa shape index (κ1) is 16.0. The highest BCUT2D eigenvalue weighted by molar-refractivity contribution is 5.78. The fraction of sp³-hybridized carbons (Fsp3) is 0.857. The molecule has 0 radical (unpaired) electrons. The van der Waals surface area contributed by atoms with Gasteiger partial charge in [-0.2, -0.15) is 0 Å². The van der Waals surface area contributed by atoms with Crippen LogP contribution >= 0.6 is 0 Å². The Bertz CT molecular complexity index is 316. The first-order chi connectivity index (χ1) is 8.93. The highest BCUT2D eigenvalue weighted by atomic mass is 16.5. The van der Waals surface area contributed by atoms with E-state index in [1.165, 1.54) is 0 Å². The Kier molecular flexibility index (Phi) is 6.28. The van der Waals surface area contributed by atoms with Gasteiger partial charge in [0, 0.05) is 31.6 Å². The number of carbonyl (C=O) groups is 2. The third-order valence-corrected chi connectivity index (χ3v) is 3.38. The quantitative estimate of drug-likeness (QED) is 0.759. The molecule has 2 fully saturated rings. The molecule has 0 unspecified atom stereocenters. The third-order valence-electron chi connectivity index (χ3n) is 3.38. The number of carbonyl (C=O) groups excluding carboxylic acids is 2. The number of hydrogen-bond acceptors (Lipinski definition) is 3. The van der Waals surface area contributed by atoms with E-state index < -0.39 is 0 Å². The highest BCUT2D eigenvalue weighted by Crippen LogP contribution is 2.12. The summed E-state index contributed by atoms with van der Waals surface area (Å²) in [6.07, 6.45) is 1.81. The van der Waals surface area contributed by atoms with Crippen LogP contribution in [0.1, 0.15) is 40.5 Å². The van der Waals surface area contributed by atoms with Crippen LogP contribution in [0, 0.1) is 0 Å². The summed E-state index contributed by atoms with van der Waals surface area (Å²) < 4.78 is 4.97. The molecule has 2 amide bonds. The maximum Gasteiger partial charge on any atom is 0.248 e. The summed E-state index contributed by atoms with van der Waals surface area (Å²) in [7, 11) is 0. The molecule has 0 aliphatic carbocycles. The Morgan fingerprint density at radius 3 is 1.84 bits per heavy atom. The average Bonchev–Trinajstić information content (AvgIpc) is 2.76. The molecule has 2 heterocycles. The molecule has 0 aromatic rings. The standard InChI is InChI=1S/C7H13NO2.C7H13NO/c1-6(2)8-3-4-10-5-7(8)9;1-6(2)8-5-3-4-7(8)9/h6H,3-5H2,1-2H3;6H,3-5H2,1-2H3. The molecular weight excluding hydrogens is 244 g/mol. The predicted octanol–water partition coefficient (Wildman–Crippen LogP) is 1.27. The van der Waals surface area contributed by atoms with Gasteiger partial charge in [0.25, 0.3) is 0 Å². The van der Waals surface area contributed by atoms with Gasteiger partial charge < -0.3 is 14.5 Å². The molecule has 5 heteroatoms. The Balaban J connectivity index is 0.000000191. The van der Waals surface area contributed by atoms with E-state index in [9.17, 15) is 9.59 Å². The van der Waals surface area contributed by atoms with Crippen molar-refractivity contribution in [2.45, 2.75) is 52.6 Å². The number of morpholine rings is 1. The van der Waals surface area contributed by atoms with Crippen molar-refractivity contribution in [2.24, 2.45) is 0 Å². The number of rotatable bonds is 2. The fourth-order valence-electron chi connectivity index (χ4n) is 2.29. The Hall–Kier alpha value is -1.10. The van der Waals surface area contributed by atoms with Crippen molar-refractivity contribution in [3.8, 4) is 0 Å². The van der Waals surface area contributed by atoms with Crippen LogP contribution in [0.3, 0.4) is 0 Å². The van der Waals surface area contributed by atoms with E-state index in [2.05, 4.69) is 13.8 Å². The van der Waals surface area contributed by atoms with Crippen molar-refractivity contribution in [2.75, 3.05) is 26.3 Å². The monoisotopic (exact) mass is 270 g/mol. The minimum Gasteiger partial charge on any atom is -0.370 e. The number of nitrogens with zero attached hydrogens (tertiary/aromatic N) is 2. The summed E-state index contributed by atoms with van der Waals surface area (Å²) >= 11 is 0. The second kappa shape index (κ2) is 7.48. The van der Waals surface area contributed by atoms with Crippen LogP contribution in [0.5, 0.6) is 0 Å². The maximum absolute atomic E-state index is 11.0. The molecule has 0 spiro atoms. The second-order valence-corrected chi connectivity index (χ2v) is 5.52. The molecular formula is C14H26N2O3. The lowest BCUT2D eigenvalue weighted by Gasteiger charge is -2.30. The average molecular weight is 270 g/mol. The van der Waals surface area contributed by atoms with Crippen molar-refractivity contribution in [3.63, 3.8) is 0 Å². The molecule has 19 heavy (non-hydrogen) atoms. The van der Waals surface area contributed by atoms with E-state index in [0.29, 0.717) is 24.6 Å². The van der Waals surface area contributed by atoms with Crippen LogP contribution in [0.15, 0.2) is 0 Å². The van der Waals surface area contributed by atoms with Crippen LogP contribution in [0.2, 0.25) is 0 Å². The second-order valence-electron chi connectivity index (χ2n) is 5.52. The summed E-state index contributed by atoms with van der Waals surface area (Å²) in [4.78, 5) is 25.7. The van der Waals surface area contributed by atoms with Crippen molar-refractivity contribution in [1.29, 1.82) is 0 Å². The zero-order chi connectivity index (χ0) is 14.4. The summed E-state index contributed by atoms with van der Waals surface area (Å²) in [6, 6.07) is 0.719. The third kappa shape index (κ3) is 4.82. The molecule has 0 atom stereocenters. The topological polar surface area (TPSA) is 49.9 Å². The number of ether oxygens (including phenoxy) is 1. The van der Waals surface area contributed by atoms with Gasteiger partial charge in [-0.1, -0.05) is 0 Å². The van der Waals surface area contributed by atoms with Crippen LogP contribution < -0.4 is 0 Å². The molecule has 2 aliphatic heterocycles. The van der Waals surface area contributed by atoms with Crippen LogP contribution in [0.25, 0.3) is 0 Å². The van der Waals surface area contributed by atoms with Gasteiger partial charge in [0.2, 0.25) is 11.8 Å². The minimum absolute atomic E-state index is 0.112. The lowest BCUT2D eigenvalue weighted by molar-refractivity contribution is -0.144. The van der Waals surface area contributed by atoms with Crippen molar-refractivity contribution in [1.82, 2.24) is 9.80 Å². The first-order valence-electron chi connectivity index (χ1n) is 7.10. The van der Waals surface area contributed by atoms with Gasteiger partial charge in [-0.15, -0.1) is 0 Å². The Labute approximate surface area is 115 Å².